The molecule has 1 aliphatic carbocycles. The molecule has 1 heterocycles. The third kappa shape index (κ3) is 2.42. The van der Waals surface area contributed by atoms with E-state index in [1.54, 1.807) is 18.1 Å². The van der Waals surface area contributed by atoms with Crippen molar-refractivity contribution in [1.82, 2.24) is 10.3 Å². The Hall–Kier alpha value is -1.78. The molecule has 86 valence electrons. The van der Waals surface area contributed by atoms with Gasteiger partial charge in [-0.1, -0.05) is 0 Å². The maximum absolute atomic E-state index is 11.7. The van der Waals surface area contributed by atoms with Gasteiger partial charge in [0.05, 0.1) is 11.9 Å². The Morgan fingerprint density at radius 3 is 2.75 bits per heavy atom. The third-order valence-corrected chi connectivity index (χ3v) is 2.60. The lowest BCUT2D eigenvalue weighted by molar-refractivity contribution is 0.247. The summed E-state index contributed by atoms with van der Waals surface area (Å²) in [6, 6.07) is 4.02. The monoisotopic (exact) mass is 220 g/mol. The van der Waals surface area contributed by atoms with Gasteiger partial charge >= 0.3 is 6.03 Å². The van der Waals surface area contributed by atoms with Gasteiger partial charge in [0, 0.05) is 20.1 Å². The van der Waals surface area contributed by atoms with Crippen LogP contribution < -0.4 is 15.5 Å². The Morgan fingerprint density at radius 2 is 2.25 bits per heavy atom. The molecule has 0 bridgehead atoms. The van der Waals surface area contributed by atoms with Crippen molar-refractivity contribution < 1.29 is 4.79 Å². The molecule has 0 aliphatic heterocycles. The predicted octanol–water partition coefficient (Wildman–Crippen LogP) is 1.43. The number of aromatic nitrogens is 1. The second-order valence-electron chi connectivity index (χ2n) is 3.93. The number of nitrogens with one attached hydrogen (secondary N) is 2. The lowest BCUT2D eigenvalue weighted by atomic mass is 10.4. The van der Waals surface area contributed by atoms with Crippen molar-refractivity contribution in [2.45, 2.75) is 18.9 Å². The van der Waals surface area contributed by atoms with Crippen LogP contribution in [0.25, 0.3) is 0 Å². The minimum Gasteiger partial charge on any atom is -0.373 e. The second-order valence-corrected chi connectivity index (χ2v) is 3.93. The van der Waals surface area contributed by atoms with Crippen LogP contribution in [0.15, 0.2) is 18.3 Å². The summed E-state index contributed by atoms with van der Waals surface area (Å²) in [5, 5.41) is 5.86. The average Bonchev–Trinajstić information content (AvgIpc) is 3.12. The molecule has 0 atom stereocenters. The van der Waals surface area contributed by atoms with Gasteiger partial charge in [-0.25, -0.2) is 9.78 Å². The van der Waals surface area contributed by atoms with Crippen LogP contribution in [-0.4, -0.2) is 31.2 Å². The van der Waals surface area contributed by atoms with Crippen LogP contribution in [0.3, 0.4) is 0 Å². The predicted molar refractivity (Wildman–Crippen MR) is 63.7 cm³/mol. The fraction of sp³-hybridized carbons (Fsp3) is 0.455. The summed E-state index contributed by atoms with van der Waals surface area (Å²) in [7, 11) is 3.55. The molecule has 0 aromatic carbocycles. The van der Waals surface area contributed by atoms with E-state index in [-0.39, 0.29) is 6.03 Å². The number of carbonyl (C=O) groups excluding carboxylic acids is 1. The van der Waals surface area contributed by atoms with E-state index in [1.807, 2.05) is 19.2 Å². The highest BCUT2D eigenvalue weighted by molar-refractivity contribution is 5.91. The summed E-state index contributed by atoms with van der Waals surface area (Å²) >= 11 is 0. The highest BCUT2D eigenvalue weighted by atomic mass is 16.2. The highest BCUT2D eigenvalue weighted by Crippen LogP contribution is 2.20. The van der Waals surface area contributed by atoms with E-state index in [4.69, 9.17) is 0 Å². The number of carbonyl (C=O) groups is 1. The van der Waals surface area contributed by atoms with E-state index in [0.717, 1.165) is 24.3 Å². The molecule has 0 unspecified atom stereocenters. The van der Waals surface area contributed by atoms with Crippen molar-refractivity contribution in [3.05, 3.63) is 18.3 Å². The average molecular weight is 220 g/mol. The molecular formula is C11H16N4O. The third-order valence-electron chi connectivity index (χ3n) is 2.60. The van der Waals surface area contributed by atoms with Crippen molar-refractivity contribution in [2.75, 3.05) is 24.3 Å². The number of rotatable bonds is 3. The molecule has 0 saturated heterocycles. The van der Waals surface area contributed by atoms with Gasteiger partial charge in [-0.15, -0.1) is 0 Å². The molecule has 0 radical (unpaired) electrons. The maximum Gasteiger partial charge on any atom is 0.321 e. The standard InChI is InChI=1S/C11H16N4O/c1-12-10-6-5-9(7-13-10)15(2)11(16)14-8-3-4-8/h5-8H,3-4H2,1-2H3,(H,12,13)(H,14,16). The molecule has 5 heteroatoms. The smallest absolute Gasteiger partial charge is 0.321 e. The minimum absolute atomic E-state index is 0.0680. The SMILES string of the molecule is CNc1ccc(N(C)C(=O)NC2CC2)cn1. The van der Waals surface area contributed by atoms with E-state index in [9.17, 15) is 4.79 Å². The fourth-order valence-electron chi connectivity index (χ4n) is 1.35. The quantitative estimate of drug-likeness (QED) is 0.810. The van der Waals surface area contributed by atoms with Crippen LogP contribution >= 0.6 is 0 Å². The molecule has 16 heavy (non-hydrogen) atoms. The number of pyridine rings is 1. The van der Waals surface area contributed by atoms with Crippen molar-refractivity contribution >= 4 is 17.5 Å². The van der Waals surface area contributed by atoms with Gasteiger partial charge in [-0.2, -0.15) is 0 Å². The van der Waals surface area contributed by atoms with E-state index in [2.05, 4.69) is 15.6 Å². The Morgan fingerprint density at radius 1 is 1.50 bits per heavy atom. The molecule has 0 spiro atoms. The number of urea groups is 1. The second kappa shape index (κ2) is 4.38. The summed E-state index contributed by atoms with van der Waals surface area (Å²) < 4.78 is 0. The van der Waals surface area contributed by atoms with Gasteiger partial charge in [-0.3, -0.25) is 4.90 Å². The van der Waals surface area contributed by atoms with Crippen molar-refractivity contribution in [2.24, 2.45) is 0 Å². The zero-order valence-electron chi connectivity index (χ0n) is 9.53. The fourth-order valence-corrected chi connectivity index (χ4v) is 1.35. The first-order chi connectivity index (χ1) is 7.70. The van der Waals surface area contributed by atoms with Gasteiger partial charge in [0.15, 0.2) is 0 Å². The van der Waals surface area contributed by atoms with Crippen LogP contribution in [0.1, 0.15) is 12.8 Å². The lowest BCUT2D eigenvalue weighted by Crippen LogP contribution is -2.38. The topological polar surface area (TPSA) is 57.3 Å². The number of hydrogen-bond acceptors (Lipinski definition) is 3. The number of amides is 2. The van der Waals surface area contributed by atoms with Crippen LogP contribution in [0, 0.1) is 0 Å². The summed E-state index contributed by atoms with van der Waals surface area (Å²) in [6.07, 6.45) is 3.87. The van der Waals surface area contributed by atoms with Gasteiger partial charge in [0.25, 0.3) is 0 Å². The van der Waals surface area contributed by atoms with Crippen molar-refractivity contribution in [1.29, 1.82) is 0 Å². The van der Waals surface area contributed by atoms with Gasteiger partial charge in [0.1, 0.15) is 5.82 Å². The summed E-state index contributed by atoms with van der Waals surface area (Å²) in [5.74, 6) is 0.791. The maximum atomic E-state index is 11.7. The highest BCUT2D eigenvalue weighted by Gasteiger charge is 2.25. The molecule has 2 rings (SSSR count). The summed E-state index contributed by atoms with van der Waals surface area (Å²) in [5.41, 5.74) is 0.789. The number of anilines is 2. The Kier molecular flexibility index (Phi) is 2.94. The van der Waals surface area contributed by atoms with E-state index < -0.39 is 0 Å². The van der Waals surface area contributed by atoms with Gasteiger partial charge < -0.3 is 10.6 Å². The van der Waals surface area contributed by atoms with Crippen molar-refractivity contribution in [3.8, 4) is 0 Å². The largest absolute Gasteiger partial charge is 0.373 e. The van der Waals surface area contributed by atoms with E-state index >= 15 is 0 Å². The van der Waals surface area contributed by atoms with Gasteiger partial charge in [0.2, 0.25) is 0 Å². The lowest BCUT2D eigenvalue weighted by Gasteiger charge is -2.17. The molecule has 1 fully saturated rings. The number of nitrogens with zero attached hydrogens (tertiary/aromatic N) is 2. The molecule has 1 aliphatic rings. The zero-order valence-corrected chi connectivity index (χ0v) is 9.53. The first-order valence-corrected chi connectivity index (χ1v) is 5.38. The zero-order chi connectivity index (χ0) is 11.5. The first kappa shape index (κ1) is 10.7. The van der Waals surface area contributed by atoms with E-state index in [1.165, 1.54) is 0 Å². The molecule has 1 aromatic heterocycles. The molecule has 2 N–H and O–H groups in total. The Labute approximate surface area is 94.9 Å². The number of hydrogen-bond donors (Lipinski definition) is 2. The molecular weight excluding hydrogens is 204 g/mol. The van der Waals surface area contributed by atoms with Crippen LogP contribution in [0.2, 0.25) is 0 Å². The molecule has 1 saturated carbocycles. The minimum atomic E-state index is -0.0680. The molecule has 2 amide bonds. The van der Waals surface area contributed by atoms with Crippen molar-refractivity contribution in [3.63, 3.8) is 0 Å². The molecule has 5 nitrogen and oxygen atoms in total. The molecule has 1 aromatic rings. The Bertz CT molecular complexity index is 372. The van der Waals surface area contributed by atoms with Gasteiger partial charge in [-0.05, 0) is 25.0 Å². The van der Waals surface area contributed by atoms with Crippen LogP contribution in [0.4, 0.5) is 16.3 Å². The Balaban J connectivity index is 2.00. The normalized spacial score (nSPS) is 14.4. The van der Waals surface area contributed by atoms with E-state index in [0.29, 0.717) is 6.04 Å². The van der Waals surface area contributed by atoms with Crippen LogP contribution in [-0.2, 0) is 0 Å². The van der Waals surface area contributed by atoms with Crippen LogP contribution in [0.5, 0.6) is 0 Å². The summed E-state index contributed by atoms with van der Waals surface area (Å²) in [4.78, 5) is 17.5. The summed E-state index contributed by atoms with van der Waals surface area (Å²) in [6.45, 7) is 0. The first-order valence-electron chi connectivity index (χ1n) is 5.38.